The fraction of sp³-hybridized carbons (Fsp3) is 0.391. The Hall–Kier alpha value is -2.37. The van der Waals surface area contributed by atoms with E-state index in [2.05, 4.69) is 31.0 Å². The van der Waals surface area contributed by atoms with Crippen LogP contribution in [0.2, 0.25) is 0 Å². The summed E-state index contributed by atoms with van der Waals surface area (Å²) in [6, 6.07) is 10.0. The van der Waals surface area contributed by atoms with E-state index in [1.807, 2.05) is 11.6 Å². The predicted molar refractivity (Wildman–Crippen MR) is 129 cm³/mol. The maximum Gasteiger partial charge on any atom is 0.279 e. The minimum atomic E-state index is -3.75. The second kappa shape index (κ2) is 10.7. The highest BCUT2D eigenvalue weighted by atomic mass is 32.2. The lowest BCUT2D eigenvalue weighted by molar-refractivity contribution is 0.0998. The number of sulfonamides is 1. The van der Waals surface area contributed by atoms with Crippen LogP contribution in [0, 0.1) is 13.8 Å². The fourth-order valence-corrected chi connectivity index (χ4v) is 5.80. The fourth-order valence-electron chi connectivity index (χ4n) is 3.29. The van der Waals surface area contributed by atoms with E-state index in [1.165, 1.54) is 65.3 Å². The zero-order valence-corrected chi connectivity index (χ0v) is 21.1. The lowest BCUT2D eigenvalue weighted by atomic mass is 10.1. The first kappa shape index (κ1) is 25.3. The summed E-state index contributed by atoms with van der Waals surface area (Å²) in [4.78, 5) is 17.8. The molecule has 3 rings (SSSR count). The number of nitrogens with zero attached hydrogens (tertiary/aromatic N) is 3. The highest BCUT2D eigenvalue weighted by Crippen LogP contribution is 2.21. The molecule has 3 aromatic rings. The van der Waals surface area contributed by atoms with Crippen LogP contribution < -0.4 is 4.80 Å². The van der Waals surface area contributed by atoms with Gasteiger partial charge in [0.1, 0.15) is 0 Å². The molecule has 0 fully saturated rings. The summed E-state index contributed by atoms with van der Waals surface area (Å²) in [5, 5.41) is 0. The Labute approximate surface area is 198 Å². The molecule has 0 unspecified atom stereocenters. The van der Waals surface area contributed by atoms with E-state index < -0.39 is 15.9 Å². The Morgan fingerprint density at radius 3 is 2.18 bits per heavy atom. The van der Waals surface area contributed by atoms with Gasteiger partial charge in [0.05, 0.1) is 28.3 Å². The first-order chi connectivity index (χ1) is 15.7. The zero-order chi connectivity index (χ0) is 24.2. The van der Waals surface area contributed by atoms with E-state index in [-0.39, 0.29) is 31.2 Å². The summed E-state index contributed by atoms with van der Waals surface area (Å²) in [7, 11) is 1.16. The standard InChI is InChI=1S/C23H29N3O5S2/c1-16-14-20-21(15-17(16)2)32-23(25(20)3)24-22(27)18-6-8-19(9-7-18)33(28,29)26(10-12-30-4)11-13-31-5/h6-9,14-15H,10-13H2,1-5H3. The number of amides is 1. The van der Waals surface area contributed by atoms with E-state index >= 15 is 0 Å². The van der Waals surface area contributed by atoms with Crippen LogP contribution in [-0.2, 0) is 26.5 Å². The molecule has 0 aliphatic rings. The van der Waals surface area contributed by atoms with Gasteiger partial charge in [0.25, 0.3) is 5.91 Å². The van der Waals surface area contributed by atoms with Crippen molar-refractivity contribution in [3.8, 4) is 0 Å². The maximum atomic E-state index is 13.0. The Morgan fingerprint density at radius 1 is 1.03 bits per heavy atom. The van der Waals surface area contributed by atoms with Gasteiger partial charge in [0.2, 0.25) is 10.0 Å². The number of rotatable bonds is 9. The Morgan fingerprint density at radius 2 is 1.61 bits per heavy atom. The number of hydrogen-bond donors (Lipinski definition) is 0. The van der Waals surface area contributed by atoms with Crippen molar-refractivity contribution in [2.75, 3.05) is 40.5 Å². The number of carbonyl (C=O) groups is 1. The average molecular weight is 492 g/mol. The van der Waals surface area contributed by atoms with E-state index in [0.29, 0.717) is 10.4 Å². The molecule has 2 aromatic carbocycles. The van der Waals surface area contributed by atoms with Crippen molar-refractivity contribution < 1.29 is 22.7 Å². The molecule has 0 bridgehead atoms. The summed E-state index contributed by atoms with van der Waals surface area (Å²) in [6.07, 6.45) is 0. The molecule has 0 saturated heterocycles. The van der Waals surface area contributed by atoms with Crippen molar-refractivity contribution >= 4 is 37.5 Å². The summed E-state index contributed by atoms with van der Waals surface area (Å²) in [6.45, 7) is 5.06. The zero-order valence-electron chi connectivity index (χ0n) is 19.5. The highest BCUT2D eigenvalue weighted by molar-refractivity contribution is 7.89. The predicted octanol–water partition coefficient (Wildman–Crippen LogP) is 2.88. The number of benzene rings is 2. The SMILES string of the molecule is COCCN(CCOC)S(=O)(=O)c1ccc(C(=O)N=c2sc3cc(C)c(C)cc3n2C)cc1. The van der Waals surface area contributed by atoms with Gasteiger partial charge in [0, 0.05) is 39.9 Å². The van der Waals surface area contributed by atoms with Crippen molar-refractivity contribution in [1.82, 2.24) is 8.87 Å². The molecule has 0 N–H and O–H groups in total. The molecular weight excluding hydrogens is 462 g/mol. The van der Waals surface area contributed by atoms with Crippen molar-refractivity contribution in [2.45, 2.75) is 18.7 Å². The van der Waals surface area contributed by atoms with Crippen LogP contribution >= 0.6 is 11.3 Å². The Balaban J connectivity index is 1.88. The molecule has 0 spiro atoms. The lowest BCUT2D eigenvalue weighted by Gasteiger charge is -2.21. The second-order valence-corrected chi connectivity index (χ2v) is 10.6. The van der Waals surface area contributed by atoms with Crippen molar-refractivity contribution in [1.29, 1.82) is 0 Å². The minimum Gasteiger partial charge on any atom is -0.383 e. The van der Waals surface area contributed by atoms with Gasteiger partial charge >= 0.3 is 0 Å². The second-order valence-electron chi connectivity index (χ2n) is 7.68. The molecule has 0 saturated carbocycles. The monoisotopic (exact) mass is 491 g/mol. The average Bonchev–Trinajstić information content (AvgIpc) is 3.08. The van der Waals surface area contributed by atoms with Crippen LogP contribution in [0.3, 0.4) is 0 Å². The quantitative estimate of drug-likeness (QED) is 0.459. The van der Waals surface area contributed by atoms with Crippen molar-refractivity contribution in [2.24, 2.45) is 12.0 Å². The lowest BCUT2D eigenvalue weighted by Crippen LogP contribution is -2.36. The van der Waals surface area contributed by atoms with Gasteiger partial charge in [-0.05, 0) is 61.4 Å². The molecule has 0 aliphatic heterocycles. The third kappa shape index (κ3) is 5.59. The molecule has 0 aliphatic carbocycles. The first-order valence-corrected chi connectivity index (χ1v) is 12.7. The molecule has 1 heterocycles. The smallest absolute Gasteiger partial charge is 0.279 e. The topological polar surface area (TPSA) is 90.2 Å². The van der Waals surface area contributed by atoms with Crippen molar-refractivity contribution in [3.63, 3.8) is 0 Å². The number of methoxy groups -OCH3 is 2. The van der Waals surface area contributed by atoms with Crippen LogP contribution in [0.1, 0.15) is 21.5 Å². The summed E-state index contributed by atoms with van der Waals surface area (Å²) >= 11 is 1.45. The Kier molecular flexibility index (Phi) is 8.19. The molecule has 8 nitrogen and oxygen atoms in total. The van der Waals surface area contributed by atoms with E-state index in [9.17, 15) is 13.2 Å². The third-order valence-electron chi connectivity index (χ3n) is 5.45. The van der Waals surface area contributed by atoms with Crippen LogP contribution in [-0.4, -0.2) is 63.7 Å². The molecule has 10 heteroatoms. The van der Waals surface area contributed by atoms with E-state index in [4.69, 9.17) is 9.47 Å². The number of hydrogen-bond acceptors (Lipinski definition) is 6. The van der Waals surface area contributed by atoms with E-state index in [1.54, 1.807) is 0 Å². The molecule has 0 radical (unpaired) electrons. The van der Waals surface area contributed by atoms with Crippen LogP contribution in [0.15, 0.2) is 46.3 Å². The molecule has 178 valence electrons. The number of thiazole rings is 1. The van der Waals surface area contributed by atoms with Gasteiger partial charge in [-0.2, -0.15) is 9.30 Å². The largest absolute Gasteiger partial charge is 0.383 e. The Bertz CT molecular complexity index is 1300. The highest BCUT2D eigenvalue weighted by Gasteiger charge is 2.24. The third-order valence-corrected chi connectivity index (χ3v) is 8.46. The summed E-state index contributed by atoms with van der Waals surface area (Å²) < 4.78 is 40.4. The number of carbonyl (C=O) groups excluding carboxylic acids is 1. The maximum absolute atomic E-state index is 13.0. The van der Waals surface area contributed by atoms with Crippen LogP contribution in [0.5, 0.6) is 0 Å². The first-order valence-electron chi connectivity index (χ1n) is 10.4. The number of aryl methyl sites for hydroxylation is 3. The van der Waals surface area contributed by atoms with Crippen molar-refractivity contribution in [3.05, 3.63) is 57.9 Å². The van der Waals surface area contributed by atoms with Gasteiger partial charge in [-0.15, -0.1) is 0 Å². The molecule has 1 amide bonds. The molecular formula is C23H29N3O5S2. The van der Waals surface area contributed by atoms with Gasteiger partial charge < -0.3 is 14.0 Å². The molecule has 0 atom stereocenters. The molecule has 1 aromatic heterocycles. The van der Waals surface area contributed by atoms with Gasteiger partial charge in [-0.25, -0.2) is 8.42 Å². The van der Waals surface area contributed by atoms with Crippen LogP contribution in [0.4, 0.5) is 0 Å². The number of fused-ring (bicyclic) bond motifs is 1. The van der Waals surface area contributed by atoms with Gasteiger partial charge in [0.15, 0.2) is 4.80 Å². The van der Waals surface area contributed by atoms with Gasteiger partial charge in [-0.1, -0.05) is 11.3 Å². The summed E-state index contributed by atoms with van der Waals surface area (Å²) in [5.41, 5.74) is 3.70. The summed E-state index contributed by atoms with van der Waals surface area (Å²) in [5.74, 6) is -0.426. The van der Waals surface area contributed by atoms with E-state index in [0.717, 1.165) is 10.2 Å². The van der Waals surface area contributed by atoms with Gasteiger partial charge in [-0.3, -0.25) is 4.79 Å². The van der Waals surface area contributed by atoms with Crippen LogP contribution in [0.25, 0.3) is 10.2 Å². The minimum absolute atomic E-state index is 0.102. The molecule has 33 heavy (non-hydrogen) atoms. The number of ether oxygens (including phenoxy) is 2. The number of aromatic nitrogens is 1. The normalized spacial score (nSPS) is 12.7.